The van der Waals surface area contributed by atoms with Crippen molar-refractivity contribution in [2.75, 3.05) is 6.54 Å². The van der Waals surface area contributed by atoms with Crippen LogP contribution >= 0.6 is 27.7 Å². The molecule has 0 unspecified atom stereocenters. The second-order valence-corrected chi connectivity index (χ2v) is 5.67. The highest BCUT2D eigenvalue weighted by Crippen LogP contribution is 2.24. The predicted octanol–water partition coefficient (Wildman–Crippen LogP) is 2.08. The van der Waals surface area contributed by atoms with E-state index in [0.29, 0.717) is 6.54 Å². The lowest BCUT2D eigenvalue weighted by molar-refractivity contribution is 0.551. The molecule has 0 radical (unpaired) electrons. The summed E-state index contributed by atoms with van der Waals surface area (Å²) in [6.07, 6.45) is 0.888. The molecule has 0 bridgehead atoms. The number of nitrogens with zero attached hydrogens (tertiary/aromatic N) is 4. The summed E-state index contributed by atoms with van der Waals surface area (Å²) in [6.45, 7) is 1.43. The standard InChI is InChI=1S/C11H14BrN5S/c12-9-3-1-4-10(7-9)18-8-11-14-15-16-17(11)6-2-5-13/h1,3-4,7H,2,5-6,8,13H2. The van der Waals surface area contributed by atoms with Gasteiger partial charge in [0.05, 0.1) is 5.75 Å². The zero-order valence-electron chi connectivity index (χ0n) is 9.79. The van der Waals surface area contributed by atoms with E-state index in [1.165, 1.54) is 4.90 Å². The Labute approximate surface area is 118 Å². The van der Waals surface area contributed by atoms with Crippen molar-refractivity contribution in [3.8, 4) is 0 Å². The monoisotopic (exact) mass is 327 g/mol. The van der Waals surface area contributed by atoms with E-state index in [9.17, 15) is 0 Å². The van der Waals surface area contributed by atoms with Gasteiger partial charge in [0.25, 0.3) is 0 Å². The molecule has 0 saturated heterocycles. The van der Waals surface area contributed by atoms with Gasteiger partial charge in [-0.3, -0.25) is 0 Å². The van der Waals surface area contributed by atoms with E-state index < -0.39 is 0 Å². The Kier molecular flexibility index (Phi) is 5.15. The van der Waals surface area contributed by atoms with E-state index >= 15 is 0 Å². The van der Waals surface area contributed by atoms with E-state index in [2.05, 4.69) is 43.6 Å². The average Bonchev–Trinajstić information content (AvgIpc) is 2.81. The van der Waals surface area contributed by atoms with E-state index in [-0.39, 0.29) is 0 Å². The highest BCUT2D eigenvalue weighted by atomic mass is 79.9. The first-order chi connectivity index (χ1) is 8.79. The minimum Gasteiger partial charge on any atom is -0.330 e. The SMILES string of the molecule is NCCCn1nnnc1CSc1cccc(Br)c1. The van der Waals surface area contributed by atoms with E-state index in [1.807, 2.05) is 16.8 Å². The Morgan fingerprint density at radius 3 is 3.06 bits per heavy atom. The van der Waals surface area contributed by atoms with Crippen LogP contribution in [0.2, 0.25) is 0 Å². The summed E-state index contributed by atoms with van der Waals surface area (Å²) in [6, 6.07) is 8.18. The van der Waals surface area contributed by atoms with Gasteiger partial charge in [0.1, 0.15) is 0 Å². The minimum absolute atomic E-state index is 0.651. The molecular weight excluding hydrogens is 314 g/mol. The normalized spacial score (nSPS) is 10.8. The number of halogens is 1. The van der Waals surface area contributed by atoms with Gasteiger partial charge >= 0.3 is 0 Å². The fourth-order valence-electron chi connectivity index (χ4n) is 1.45. The van der Waals surface area contributed by atoms with E-state index in [4.69, 9.17) is 5.73 Å². The molecule has 0 aliphatic rings. The van der Waals surface area contributed by atoms with Gasteiger partial charge in [0.15, 0.2) is 5.82 Å². The molecule has 2 N–H and O–H groups in total. The lowest BCUT2D eigenvalue weighted by Gasteiger charge is -2.04. The molecule has 0 amide bonds. The van der Waals surface area contributed by atoms with Crippen LogP contribution in [0.5, 0.6) is 0 Å². The third-order valence-electron chi connectivity index (χ3n) is 2.34. The summed E-state index contributed by atoms with van der Waals surface area (Å²) >= 11 is 5.17. The maximum Gasteiger partial charge on any atom is 0.161 e. The molecule has 0 aliphatic heterocycles. The van der Waals surface area contributed by atoms with Crippen molar-refractivity contribution in [2.24, 2.45) is 5.73 Å². The summed E-state index contributed by atoms with van der Waals surface area (Å²) in [5.74, 6) is 1.64. The first-order valence-electron chi connectivity index (χ1n) is 5.63. The van der Waals surface area contributed by atoms with Gasteiger partial charge < -0.3 is 5.73 Å². The van der Waals surface area contributed by atoms with Crippen molar-refractivity contribution in [1.29, 1.82) is 0 Å². The lowest BCUT2D eigenvalue weighted by atomic mass is 10.4. The van der Waals surface area contributed by atoms with E-state index in [1.54, 1.807) is 11.8 Å². The van der Waals surface area contributed by atoms with Gasteiger partial charge in [0, 0.05) is 15.9 Å². The van der Waals surface area contributed by atoms with Gasteiger partial charge in [-0.05, 0) is 41.6 Å². The molecule has 0 fully saturated rings. The first-order valence-corrected chi connectivity index (χ1v) is 7.41. The Bertz CT molecular complexity index is 502. The third-order valence-corrected chi connectivity index (χ3v) is 3.83. The van der Waals surface area contributed by atoms with Crippen LogP contribution in [0.25, 0.3) is 0 Å². The van der Waals surface area contributed by atoms with Gasteiger partial charge in [-0.1, -0.05) is 22.0 Å². The smallest absolute Gasteiger partial charge is 0.161 e. The maximum atomic E-state index is 5.48. The highest BCUT2D eigenvalue weighted by molar-refractivity contribution is 9.10. The number of rotatable bonds is 6. The highest BCUT2D eigenvalue weighted by Gasteiger charge is 2.06. The molecule has 1 aromatic carbocycles. The zero-order valence-corrected chi connectivity index (χ0v) is 12.2. The molecule has 7 heteroatoms. The largest absolute Gasteiger partial charge is 0.330 e. The molecule has 0 atom stereocenters. The van der Waals surface area contributed by atoms with Crippen LogP contribution in [0.4, 0.5) is 0 Å². The number of thioether (sulfide) groups is 1. The third kappa shape index (κ3) is 3.79. The summed E-state index contributed by atoms with van der Waals surface area (Å²) in [5.41, 5.74) is 5.48. The molecule has 5 nitrogen and oxygen atoms in total. The van der Waals surface area contributed by atoms with Crippen molar-refractivity contribution in [1.82, 2.24) is 20.2 Å². The van der Waals surface area contributed by atoms with Crippen molar-refractivity contribution in [3.63, 3.8) is 0 Å². The topological polar surface area (TPSA) is 69.6 Å². The Morgan fingerprint density at radius 2 is 2.28 bits per heavy atom. The van der Waals surface area contributed by atoms with Crippen LogP contribution < -0.4 is 5.73 Å². The van der Waals surface area contributed by atoms with Crippen LogP contribution in [-0.2, 0) is 12.3 Å². The maximum absolute atomic E-state index is 5.48. The van der Waals surface area contributed by atoms with Crippen LogP contribution in [-0.4, -0.2) is 26.8 Å². The van der Waals surface area contributed by atoms with Gasteiger partial charge in [-0.25, -0.2) is 4.68 Å². The van der Waals surface area contributed by atoms with Crippen molar-refractivity contribution < 1.29 is 0 Å². The number of nitrogens with two attached hydrogens (primary N) is 1. The summed E-state index contributed by atoms with van der Waals surface area (Å²) in [4.78, 5) is 1.19. The number of hydrogen-bond acceptors (Lipinski definition) is 5. The fraction of sp³-hybridized carbons (Fsp3) is 0.364. The zero-order chi connectivity index (χ0) is 12.8. The number of aromatic nitrogens is 4. The molecule has 1 heterocycles. The summed E-state index contributed by atoms with van der Waals surface area (Å²) in [7, 11) is 0. The van der Waals surface area contributed by atoms with Crippen LogP contribution in [0.1, 0.15) is 12.2 Å². The Hall–Kier alpha value is -0.920. The average molecular weight is 328 g/mol. The second-order valence-electron chi connectivity index (χ2n) is 3.71. The number of aryl methyl sites for hydroxylation is 1. The second kappa shape index (κ2) is 6.86. The number of benzene rings is 1. The molecule has 0 spiro atoms. The Morgan fingerprint density at radius 1 is 1.39 bits per heavy atom. The van der Waals surface area contributed by atoms with Crippen LogP contribution in [0.3, 0.4) is 0 Å². The van der Waals surface area contributed by atoms with Gasteiger partial charge in [-0.15, -0.1) is 16.9 Å². The summed E-state index contributed by atoms with van der Waals surface area (Å²) < 4.78 is 2.90. The Balaban J connectivity index is 1.95. The molecule has 18 heavy (non-hydrogen) atoms. The van der Waals surface area contributed by atoms with Gasteiger partial charge in [-0.2, -0.15) is 0 Å². The molecule has 1 aromatic heterocycles. The molecule has 2 rings (SSSR count). The molecule has 2 aromatic rings. The fourth-order valence-corrected chi connectivity index (χ4v) is 2.88. The van der Waals surface area contributed by atoms with Crippen molar-refractivity contribution in [2.45, 2.75) is 23.6 Å². The quantitative estimate of drug-likeness (QED) is 0.822. The first kappa shape index (κ1) is 13.5. The summed E-state index contributed by atoms with van der Waals surface area (Å²) in [5, 5.41) is 11.7. The van der Waals surface area contributed by atoms with Gasteiger partial charge in [0.2, 0.25) is 0 Å². The number of hydrogen-bond donors (Lipinski definition) is 1. The molecule has 0 saturated carbocycles. The van der Waals surface area contributed by atoms with Crippen molar-refractivity contribution in [3.05, 3.63) is 34.6 Å². The molecular formula is C11H14BrN5S. The molecule has 0 aliphatic carbocycles. The van der Waals surface area contributed by atoms with Crippen LogP contribution in [0, 0.1) is 0 Å². The number of tetrazole rings is 1. The predicted molar refractivity (Wildman–Crippen MR) is 75.2 cm³/mol. The molecule has 96 valence electrons. The lowest BCUT2D eigenvalue weighted by Crippen LogP contribution is -2.09. The van der Waals surface area contributed by atoms with E-state index in [0.717, 1.165) is 29.0 Å². The minimum atomic E-state index is 0.651. The van der Waals surface area contributed by atoms with Crippen LogP contribution in [0.15, 0.2) is 33.6 Å². The van der Waals surface area contributed by atoms with Crippen molar-refractivity contribution >= 4 is 27.7 Å².